The Morgan fingerprint density at radius 3 is 2.35 bits per heavy atom. The van der Waals surface area contributed by atoms with Crippen LogP contribution in [0.2, 0.25) is 0 Å². The van der Waals surface area contributed by atoms with Crippen molar-refractivity contribution in [1.82, 2.24) is 4.31 Å². The van der Waals surface area contributed by atoms with Crippen LogP contribution in [0.5, 0.6) is 0 Å². The number of carbonyl (C=O) groups is 1. The molecule has 0 N–H and O–H groups in total. The highest BCUT2D eigenvalue weighted by atomic mass is 32.2. The average Bonchev–Trinajstić information content (AvgIpc) is 2.24. The molecule has 0 aromatic heterocycles. The van der Waals surface area contributed by atoms with E-state index in [1.165, 1.54) is 7.11 Å². The van der Waals surface area contributed by atoms with Gasteiger partial charge in [-0.05, 0) is 20.8 Å². The number of hydrogen-bond donors (Lipinski definition) is 0. The predicted molar refractivity (Wildman–Crippen MR) is 64.1 cm³/mol. The van der Waals surface area contributed by atoms with Crippen LogP contribution < -0.4 is 0 Å². The quantitative estimate of drug-likeness (QED) is 0.589. The summed E-state index contributed by atoms with van der Waals surface area (Å²) >= 11 is 0. The van der Waals surface area contributed by atoms with Gasteiger partial charge >= 0.3 is 5.97 Å². The lowest BCUT2D eigenvalue weighted by Crippen LogP contribution is -2.42. The molecule has 0 amide bonds. The van der Waals surface area contributed by atoms with E-state index in [1.807, 2.05) is 0 Å². The van der Waals surface area contributed by atoms with Gasteiger partial charge in [-0.25, -0.2) is 8.42 Å². The van der Waals surface area contributed by atoms with Crippen molar-refractivity contribution in [2.45, 2.75) is 26.0 Å². The second kappa shape index (κ2) is 7.62. The highest BCUT2D eigenvalue weighted by Crippen LogP contribution is 2.08. The van der Waals surface area contributed by atoms with Gasteiger partial charge in [-0.2, -0.15) is 4.31 Å². The molecular weight excluding hydrogens is 246 g/mol. The molecule has 0 aliphatic carbocycles. The maximum Gasteiger partial charge on any atom is 0.321 e. The molecule has 102 valence electrons. The monoisotopic (exact) mass is 267 g/mol. The molecule has 0 atom stereocenters. The maximum absolute atomic E-state index is 11.9. The van der Waals surface area contributed by atoms with Gasteiger partial charge in [0.1, 0.15) is 6.54 Å². The Labute approximate surface area is 103 Å². The van der Waals surface area contributed by atoms with Gasteiger partial charge < -0.3 is 9.47 Å². The Morgan fingerprint density at radius 1 is 1.35 bits per heavy atom. The number of nitrogens with zero attached hydrogens (tertiary/aromatic N) is 1. The zero-order valence-corrected chi connectivity index (χ0v) is 11.6. The van der Waals surface area contributed by atoms with Gasteiger partial charge in [0.25, 0.3) is 0 Å². The summed E-state index contributed by atoms with van der Waals surface area (Å²) in [6.45, 7) is 5.17. The van der Waals surface area contributed by atoms with Crippen molar-refractivity contribution in [2.75, 3.05) is 33.4 Å². The van der Waals surface area contributed by atoms with Crippen LogP contribution in [0.15, 0.2) is 0 Å². The molecule has 0 saturated heterocycles. The molecule has 0 bridgehead atoms. The third-order valence-electron chi connectivity index (χ3n) is 2.11. The Hall–Kier alpha value is -0.660. The number of methoxy groups -OCH3 is 1. The Bertz CT molecular complexity index is 326. The summed E-state index contributed by atoms with van der Waals surface area (Å²) in [5.41, 5.74) is 0. The normalized spacial score (nSPS) is 12.1. The number of carbonyl (C=O) groups excluding carboxylic acids is 1. The summed E-state index contributed by atoms with van der Waals surface area (Å²) in [5, 5.41) is -0.575. The van der Waals surface area contributed by atoms with Crippen LogP contribution in [-0.2, 0) is 24.3 Å². The molecule has 6 nitrogen and oxygen atoms in total. The summed E-state index contributed by atoms with van der Waals surface area (Å²) in [7, 11) is -2.00. The van der Waals surface area contributed by atoms with Crippen LogP contribution in [0.25, 0.3) is 0 Å². The minimum Gasteiger partial charge on any atom is -0.465 e. The van der Waals surface area contributed by atoms with Crippen molar-refractivity contribution in [3.8, 4) is 0 Å². The highest BCUT2D eigenvalue weighted by Gasteiger charge is 2.27. The first kappa shape index (κ1) is 16.3. The Kier molecular flexibility index (Phi) is 7.33. The van der Waals surface area contributed by atoms with Crippen molar-refractivity contribution in [2.24, 2.45) is 0 Å². The summed E-state index contributed by atoms with van der Waals surface area (Å²) in [6, 6.07) is 0. The zero-order chi connectivity index (χ0) is 13.5. The molecule has 7 heteroatoms. The van der Waals surface area contributed by atoms with Crippen molar-refractivity contribution in [3.05, 3.63) is 0 Å². The van der Waals surface area contributed by atoms with E-state index in [1.54, 1.807) is 20.8 Å². The largest absolute Gasteiger partial charge is 0.465 e. The molecule has 0 aliphatic heterocycles. The van der Waals surface area contributed by atoms with Gasteiger partial charge in [0.05, 0.1) is 18.5 Å². The lowest BCUT2D eigenvalue weighted by atomic mass is 10.6. The SMILES string of the molecule is CCOC(=O)CN(CCOC)S(=O)(=O)C(C)C. The molecule has 0 radical (unpaired) electrons. The van der Waals surface area contributed by atoms with Gasteiger partial charge in [0.2, 0.25) is 10.0 Å². The van der Waals surface area contributed by atoms with E-state index in [0.29, 0.717) is 0 Å². The van der Waals surface area contributed by atoms with Crippen LogP contribution in [0.3, 0.4) is 0 Å². The highest BCUT2D eigenvalue weighted by molar-refractivity contribution is 7.89. The van der Waals surface area contributed by atoms with Crippen molar-refractivity contribution in [3.63, 3.8) is 0 Å². The molecule has 0 aromatic carbocycles. The summed E-state index contributed by atoms with van der Waals surface area (Å²) < 4.78 is 34.5. The number of sulfonamides is 1. The molecule has 17 heavy (non-hydrogen) atoms. The fourth-order valence-electron chi connectivity index (χ4n) is 1.14. The van der Waals surface area contributed by atoms with Crippen LogP contribution >= 0.6 is 0 Å². The van der Waals surface area contributed by atoms with Crippen molar-refractivity contribution >= 4 is 16.0 Å². The topological polar surface area (TPSA) is 72.9 Å². The summed E-state index contributed by atoms with van der Waals surface area (Å²) in [6.07, 6.45) is 0. The smallest absolute Gasteiger partial charge is 0.321 e. The molecule has 0 spiro atoms. The number of hydrogen-bond acceptors (Lipinski definition) is 5. The number of rotatable bonds is 8. The average molecular weight is 267 g/mol. The van der Waals surface area contributed by atoms with Crippen molar-refractivity contribution < 1.29 is 22.7 Å². The fourth-order valence-corrected chi connectivity index (χ4v) is 2.35. The molecular formula is C10H21NO5S. The van der Waals surface area contributed by atoms with E-state index in [2.05, 4.69) is 0 Å². The standard InChI is InChI=1S/C10H21NO5S/c1-5-16-10(12)8-11(6-7-15-4)17(13,14)9(2)3/h9H,5-8H2,1-4H3. The summed E-state index contributed by atoms with van der Waals surface area (Å²) in [4.78, 5) is 11.3. The maximum atomic E-state index is 11.9. The second-order valence-electron chi connectivity index (χ2n) is 3.73. The first-order valence-electron chi connectivity index (χ1n) is 5.49. The molecule has 0 unspecified atom stereocenters. The molecule has 0 fully saturated rings. The van der Waals surface area contributed by atoms with Crippen LogP contribution in [0, 0.1) is 0 Å². The zero-order valence-electron chi connectivity index (χ0n) is 10.8. The summed E-state index contributed by atoms with van der Waals surface area (Å²) in [5.74, 6) is -0.548. The van der Waals surface area contributed by atoms with E-state index in [-0.39, 0.29) is 26.3 Å². The van der Waals surface area contributed by atoms with Crippen molar-refractivity contribution in [1.29, 1.82) is 0 Å². The lowest BCUT2D eigenvalue weighted by molar-refractivity contribution is -0.143. The van der Waals surface area contributed by atoms with E-state index >= 15 is 0 Å². The third kappa shape index (κ3) is 5.47. The van der Waals surface area contributed by atoms with Gasteiger partial charge in [-0.15, -0.1) is 0 Å². The van der Waals surface area contributed by atoms with Crippen LogP contribution in [0.1, 0.15) is 20.8 Å². The first-order valence-corrected chi connectivity index (χ1v) is 7.00. The Balaban J connectivity index is 4.70. The van der Waals surface area contributed by atoms with Gasteiger partial charge in [-0.3, -0.25) is 4.79 Å². The predicted octanol–water partition coefficient (Wildman–Crippen LogP) is 0.236. The molecule has 0 heterocycles. The van der Waals surface area contributed by atoms with Crippen LogP contribution in [-0.4, -0.2) is 57.4 Å². The first-order chi connectivity index (χ1) is 7.86. The fraction of sp³-hybridized carbons (Fsp3) is 0.900. The minimum absolute atomic E-state index is 0.149. The molecule has 0 aromatic rings. The third-order valence-corrected chi connectivity index (χ3v) is 4.33. The van der Waals surface area contributed by atoms with E-state index in [9.17, 15) is 13.2 Å². The van der Waals surface area contributed by atoms with Gasteiger partial charge in [-0.1, -0.05) is 0 Å². The molecule has 0 saturated carbocycles. The van der Waals surface area contributed by atoms with Gasteiger partial charge in [0.15, 0.2) is 0 Å². The molecule has 0 rings (SSSR count). The Morgan fingerprint density at radius 2 is 1.94 bits per heavy atom. The number of esters is 1. The second-order valence-corrected chi connectivity index (χ2v) is 6.21. The van der Waals surface area contributed by atoms with E-state index < -0.39 is 21.2 Å². The lowest BCUT2D eigenvalue weighted by Gasteiger charge is -2.22. The van der Waals surface area contributed by atoms with E-state index in [0.717, 1.165) is 4.31 Å². The van der Waals surface area contributed by atoms with E-state index in [4.69, 9.17) is 9.47 Å². The molecule has 0 aliphatic rings. The van der Waals surface area contributed by atoms with Crippen LogP contribution in [0.4, 0.5) is 0 Å². The number of ether oxygens (including phenoxy) is 2. The minimum atomic E-state index is -3.47. The van der Waals surface area contributed by atoms with Gasteiger partial charge in [0, 0.05) is 13.7 Å².